The van der Waals surface area contributed by atoms with Gasteiger partial charge in [0.1, 0.15) is 17.2 Å². The van der Waals surface area contributed by atoms with Crippen LogP contribution >= 0.6 is 0 Å². The summed E-state index contributed by atoms with van der Waals surface area (Å²) in [7, 11) is 0. The molecular formula is C17H19NO5. The molecule has 0 fully saturated rings. The first-order chi connectivity index (χ1) is 11.0. The maximum atomic E-state index is 12.4. The molecule has 5 N–H and O–H groups in total. The number of carbonyl (C=O) groups excluding carboxylic acids is 1. The number of nitrogens with one attached hydrogen (secondary N) is 1. The molecular weight excluding hydrogens is 298 g/mol. The van der Waals surface area contributed by atoms with Crippen molar-refractivity contribution >= 4 is 11.6 Å². The lowest BCUT2D eigenvalue weighted by molar-refractivity contribution is -0.120. The predicted octanol–water partition coefficient (Wildman–Crippen LogP) is 1.98. The summed E-state index contributed by atoms with van der Waals surface area (Å²) in [5.41, 5.74) is 1.05. The lowest BCUT2D eigenvalue weighted by Gasteiger charge is -2.17. The lowest BCUT2D eigenvalue weighted by atomic mass is 9.94. The van der Waals surface area contributed by atoms with E-state index in [1.54, 1.807) is 18.2 Å². The largest absolute Gasteiger partial charge is 0.508 e. The maximum absolute atomic E-state index is 12.4. The highest BCUT2D eigenvalue weighted by atomic mass is 16.3. The van der Waals surface area contributed by atoms with Crippen LogP contribution in [0, 0.1) is 5.92 Å². The number of phenolic OH excluding ortho intramolecular Hbond substituents is 3. The van der Waals surface area contributed by atoms with Gasteiger partial charge in [-0.3, -0.25) is 4.79 Å². The highest BCUT2D eigenvalue weighted by Crippen LogP contribution is 2.26. The van der Waals surface area contributed by atoms with Crippen molar-refractivity contribution in [3.8, 4) is 17.2 Å². The fraction of sp³-hybridized carbons (Fsp3) is 0.235. The zero-order valence-electron chi connectivity index (χ0n) is 12.4. The van der Waals surface area contributed by atoms with Crippen LogP contribution in [0.5, 0.6) is 17.2 Å². The minimum absolute atomic E-state index is 0.0569. The first-order valence-electron chi connectivity index (χ1n) is 7.21. The molecule has 0 saturated heterocycles. The fourth-order valence-electron chi connectivity index (χ4n) is 2.26. The van der Waals surface area contributed by atoms with Crippen LogP contribution in [-0.2, 0) is 11.2 Å². The van der Waals surface area contributed by atoms with Crippen molar-refractivity contribution in [3.05, 3.63) is 48.0 Å². The summed E-state index contributed by atoms with van der Waals surface area (Å²) in [4.78, 5) is 12.4. The van der Waals surface area contributed by atoms with Gasteiger partial charge in [0, 0.05) is 24.3 Å². The zero-order valence-corrected chi connectivity index (χ0v) is 12.4. The molecule has 0 aromatic heterocycles. The van der Waals surface area contributed by atoms with E-state index in [1.807, 2.05) is 0 Å². The Morgan fingerprint density at radius 1 is 1.00 bits per heavy atom. The summed E-state index contributed by atoms with van der Waals surface area (Å²) in [5.74, 6) is -0.880. The normalized spacial score (nSPS) is 11.9. The average Bonchev–Trinajstić information content (AvgIpc) is 2.51. The summed E-state index contributed by atoms with van der Waals surface area (Å²) < 4.78 is 0. The van der Waals surface area contributed by atoms with Gasteiger partial charge in [0.05, 0.1) is 0 Å². The van der Waals surface area contributed by atoms with Crippen LogP contribution in [0.4, 0.5) is 5.69 Å². The molecule has 0 aliphatic carbocycles. The second-order valence-electron chi connectivity index (χ2n) is 5.26. The third-order valence-corrected chi connectivity index (χ3v) is 3.52. The van der Waals surface area contributed by atoms with Gasteiger partial charge in [-0.1, -0.05) is 6.07 Å². The Kier molecular flexibility index (Phi) is 5.43. The van der Waals surface area contributed by atoms with Gasteiger partial charge >= 0.3 is 0 Å². The van der Waals surface area contributed by atoms with E-state index in [0.29, 0.717) is 11.3 Å². The Labute approximate surface area is 133 Å². The Balaban J connectivity index is 2.10. The van der Waals surface area contributed by atoms with E-state index in [-0.39, 0.29) is 42.6 Å². The van der Waals surface area contributed by atoms with Crippen LogP contribution in [0.3, 0.4) is 0 Å². The van der Waals surface area contributed by atoms with Crippen LogP contribution in [0.1, 0.15) is 12.0 Å². The monoisotopic (exact) mass is 317 g/mol. The Bertz CT molecular complexity index is 669. The SMILES string of the molecule is O=C(Nc1ccc(O)cc1)C(CCO)Cc1ccc(O)cc1O. The highest BCUT2D eigenvalue weighted by molar-refractivity contribution is 5.92. The van der Waals surface area contributed by atoms with E-state index in [2.05, 4.69) is 5.32 Å². The van der Waals surface area contributed by atoms with Gasteiger partial charge in [0.15, 0.2) is 0 Å². The lowest BCUT2D eigenvalue weighted by Crippen LogP contribution is -2.25. The molecule has 2 aromatic carbocycles. The summed E-state index contributed by atoms with van der Waals surface area (Å²) in [6.45, 7) is -0.160. The molecule has 6 nitrogen and oxygen atoms in total. The average molecular weight is 317 g/mol. The second-order valence-corrected chi connectivity index (χ2v) is 5.26. The topological polar surface area (TPSA) is 110 Å². The van der Waals surface area contributed by atoms with Crippen molar-refractivity contribution in [2.24, 2.45) is 5.92 Å². The summed E-state index contributed by atoms with van der Waals surface area (Å²) in [5, 5.41) is 40.2. The van der Waals surface area contributed by atoms with Gasteiger partial charge in [0.2, 0.25) is 5.91 Å². The van der Waals surface area contributed by atoms with E-state index in [0.717, 1.165) is 0 Å². The first kappa shape index (κ1) is 16.6. The smallest absolute Gasteiger partial charge is 0.227 e. The van der Waals surface area contributed by atoms with Gasteiger partial charge in [-0.25, -0.2) is 0 Å². The molecule has 1 atom stereocenters. The number of anilines is 1. The Morgan fingerprint density at radius 3 is 2.26 bits per heavy atom. The van der Waals surface area contributed by atoms with Crippen LogP contribution in [-0.4, -0.2) is 32.9 Å². The zero-order chi connectivity index (χ0) is 16.8. The molecule has 0 bridgehead atoms. The number of aromatic hydroxyl groups is 3. The third kappa shape index (κ3) is 4.62. The Morgan fingerprint density at radius 2 is 1.65 bits per heavy atom. The van der Waals surface area contributed by atoms with Gasteiger partial charge < -0.3 is 25.7 Å². The van der Waals surface area contributed by atoms with Crippen molar-refractivity contribution < 1.29 is 25.2 Å². The first-order valence-corrected chi connectivity index (χ1v) is 7.21. The maximum Gasteiger partial charge on any atom is 0.227 e. The number of aliphatic hydroxyl groups is 1. The van der Waals surface area contributed by atoms with Crippen molar-refractivity contribution in [1.82, 2.24) is 0 Å². The minimum atomic E-state index is -0.538. The second kappa shape index (κ2) is 7.51. The van der Waals surface area contributed by atoms with E-state index < -0.39 is 5.92 Å². The number of carbonyl (C=O) groups is 1. The van der Waals surface area contributed by atoms with Crippen LogP contribution in [0.2, 0.25) is 0 Å². The van der Waals surface area contributed by atoms with Gasteiger partial charge in [-0.2, -0.15) is 0 Å². The molecule has 0 saturated carbocycles. The molecule has 122 valence electrons. The van der Waals surface area contributed by atoms with Crippen LogP contribution < -0.4 is 5.32 Å². The molecule has 23 heavy (non-hydrogen) atoms. The van der Waals surface area contributed by atoms with E-state index >= 15 is 0 Å². The van der Waals surface area contributed by atoms with Gasteiger partial charge in [-0.05, 0) is 48.7 Å². The molecule has 2 rings (SSSR count). The highest BCUT2D eigenvalue weighted by Gasteiger charge is 2.20. The van der Waals surface area contributed by atoms with Crippen molar-refractivity contribution in [1.29, 1.82) is 0 Å². The quantitative estimate of drug-likeness (QED) is 0.523. The number of benzene rings is 2. The van der Waals surface area contributed by atoms with Gasteiger partial charge in [0.25, 0.3) is 0 Å². The summed E-state index contributed by atoms with van der Waals surface area (Å²) in [6, 6.07) is 10.3. The number of rotatable bonds is 6. The summed E-state index contributed by atoms with van der Waals surface area (Å²) in [6.07, 6.45) is 0.473. The van der Waals surface area contributed by atoms with Crippen LogP contribution in [0.15, 0.2) is 42.5 Å². The molecule has 0 spiro atoms. The Hall–Kier alpha value is -2.73. The molecule has 0 radical (unpaired) electrons. The number of phenols is 3. The fourth-order valence-corrected chi connectivity index (χ4v) is 2.26. The molecule has 1 amide bonds. The summed E-state index contributed by atoms with van der Waals surface area (Å²) >= 11 is 0. The third-order valence-electron chi connectivity index (χ3n) is 3.52. The van der Waals surface area contributed by atoms with E-state index in [1.165, 1.54) is 24.3 Å². The van der Waals surface area contributed by atoms with Crippen molar-refractivity contribution in [3.63, 3.8) is 0 Å². The predicted molar refractivity (Wildman–Crippen MR) is 85.4 cm³/mol. The molecule has 1 unspecified atom stereocenters. The van der Waals surface area contributed by atoms with Crippen LogP contribution in [0.25, 0.3) is 0 Å². The molecule has 0 aliphatic rings. The van der Waals surface area contributed by atoms with Crippen molar-refractivity contribution in [2.75, 3.05) is 11.9 Å². The molecule has 0 heterocycles. The minimum Gasteiger partial charge on any atom is -0.508 e. The van der Waals surface area contributed by atoms with E-state index in [4.69, 9.17) is 5.11 Å². The molecule has 0 aliphatic heterocycles. The number of hydrogen-bond donors (Lipinski definition) is 5. The molecule has 6 heteroatoms. The number of amides is 1. The molecule has 2 aromatic rings. The number of hydrogen-bond acceptors (Lipinski definition) is 5. The van der Waals surface area contributed by atoms with Crippen molar-refractivity contribution in [2.45, 2.75) is 12.8 Å². The number of aliphatic hydroxyl groups excluding tert-OH is 1. The standard InChI is InChI=1S/C17H19NO5/c19-8-7-12(9-11-1-4-15(21)10-16(11)22)17(23)18-13-2-5-14(20)6-3-13/h1-6,10,12,19-22H,7-9H2,(H,18,23). The van der Waals surface area contributed by atoms with E-state index in [9.17, 15) is 20.1 Å². The van der Waals surface area contributed by atoms with Gasteiger partial charge in [-0.15, -0.1) is 0 Å².